The van der Waals surface area contributed by atoms with Gasteiger partial charge in [0.25, 0.3) is 0 Å². The van der Waals surface area contributed by atoms with Crippen LogP contribution in [-0.4, -0.2) is 106 Å². The van der Waals surface area contributed by atoms with Crippen molar-refractivity contribution in [2.24, 2.45) is 0 Å². The van der Waals surface area contributed by atoms with Crippen molar-refractivity contribution in [2.45, 2.75) is 81.8 Å². The van der Waals surface area contributed by atoms with Gasteiger partial charge in [-0.15, -0.1) is 0 Å². The van der Waals surface area contributed by atoms with Gasteiger partial charge in [-0.3, -0.25) is 9.80 Å². The van der Waals surface area contributed by atoms with Gasteiger partial charge in [0.05, 0.1) is 29.1 Å². The SMILES string of the molecule is COCC12CCC(CN(c3nc(OC[C@@]45CCCN4C[C@H](F)C5)nc4c(F)c(Cl)ncc34)C1)N2C(=O)OC(C)(C)C. The Bertz CT molecular complexity index is 1340. The molecular weight excluding hydrogens is 558 g/mol. The first-order chi connectivity index (χ1) is 19.4. The molecule has 0 saturated carbocycles. The number of ether oxygens (including phenoxy) is 3. The molecule has 6 heterocycles. The summed E-state index contributed by atoms with van der Waals surface area (Å²) in [7, 11) is 1.61. The van der Waals surface area contributed by atoms with Gasteiger partial charge in [0, 0.05) is 39.4 Å². The third-order valence-corrected chi connectivity index (χ3v) is 9.13. The van der Waals surface area contributed by atoms with Crippen LogP contribution in [0.4, 0.5) is 19.4 Å². The summed E-state index contributed by atoms with van der Waals surface area (Å²) >= 11 is 6.05. The fraction of sp³-hybridized carbons (Fsp3) is 0.714. The van der Waals surface area contributed by atoms with Gasteiger partial charge in [0.2, 0.25) is 0 Å². The van der Waals surface area contributed by atoms with Crippen LogP contribution < -0.4 is 9.64 Å². The summed E-state index contributed by atoms with van der Waals surface area (Å²) in [6.45, 7) is 8.09. The number of carbonyl (C=O) groups excluding carboxylic acids is 1. The van der Waals surface area contributed by atoms with Crippen LogP contribution in [0.3, 0.4) is 0 Å². The molecule has 10 nitrogen and oxygen atoms in total. The molecule has 41 heavy (non-hydrogen) atoms. The first-order valence-corrected chi connectivity index (χ1v) is 14.6. The number of hydrogen-bond acceptors (Lipinski definition) is 9. The van der Waals surface area contributed by atoms with Crippen molar-refractivity contribution in [2.75, 3.05) is 51.4 Å². The average Bonchev–Trinajstić information content (AvgIpc) is 3.50. The van der Waals surface area contributed by atoms with E-state index in [1.54, 1.807) is 7.11 Å². The molecule has 224 valence electrons. The normalized spacial score (nSPS) is 29.8. The zero-order valence-corrected chi connectivity index (χ0v) is 24.7. The Kier molecular flexibility index (Phi) is 7.17. The highest BCUT2D eigenvalue weighted by Gasteiger charge is 2.55. The van der Waals surface area contributed by atoms with E-state index in [4.69, 9.17) is 30.8 Å². The first-order valence-electron chi connectivity index (χ1n) is 14.2. The van der Waals surface area contributed by atoms with Crippen molar-refractivity contribution in [3.63, 3.8) is 0 Å². The summed E-state index contributed by atoms with van der Waals surface area (Å²) in [6, 6.07) is -0.168. The molecule has 0 aliphatic carbocycles. The minimum absolute atomic E-state index is 0.0000832. The molecule has 0 aromatic carbocycles. The quantitative estimate of drug-likeness (QED) is 0.452. The van der Waals surface area contributed by atoms with E-state index in [1.807, 2.05) is 30.6 Å². The second-order valence-electron chi connectivity index (χ2n) is 12.9. The molecular formula is C28H37ClF2N6O4. The first kappa shape index (κ1) is 28.5. The molecule has 0 radical (unpaired) electrons. The Labute approximate surface area is 243 Å². The lowest BCUT2D eigenvalue weighted by Gasteiger charge is -2.49. The molecule has 4 atom stereocenters. The highest BCUT2D eigenvalue weighted by molar-refractivity contribution is 6.30. The molecule has 0 N–H and O–H groups in total. The van der Waals surface area contributed by atoms with E-state index in [0.717, 1.165) is 32.2 Å². The predicted octanol–water partition coefficient (Wildman–Crippen LogP) is 4.38. The summed E-state index contributed by atoms with van der Waals surface area (Å²) in [5.41, 5.74) is -1.72. The maximum atomic E-state index is 15.3. The number of carbonyl (C=O) groups is 1. The molecule has 2 bridgehead atoms. The van der Waals surface area contributed by atoms with Crippen molar-refractivity contribution in [1.29, 1.82) is 0 Å². The van der Waals surface area contributed by atoms with Crippen LogP contribution >= 0.6 is 11.6 Å². The second kappa shape index (κ2) is 10.3. The van der Waals surface area contributed by atoms with Gasteiger partial charge in [-0.25, -0.2) is 18.6 Å². The van der Waals surface area contributed by atoms with Gasteiger partial charge < -0.3 is 19.1 Å². The monoisotopic (exact) mass is 594 g/mol. The maximum absolute atomic E-state index is 15.3. The van der Waals surface area contributed by atoms with Crippen molar-refractivity contribution in [3.8, 4) is 6.01 Å². The highest BCUT2D eigenvalue weighted by atomic mass is 35.5. The summed E-state index contributed by atoms with van der Waals surface area (Å²) in [5.74, 6) is -0.315. The smallest absolute Gasteiger partial charge is 0.411 e. The molecule has 4 aliphatic heterocycles. The van der Waals surface area contributed by atoms with Crippen LogP contribution in [0.5, 0.6) is 6.01 Å². The molecule has 0 spiro atoms. The lowest BCUT2D eigenvalue weighted by molar-refractivity contribution is -0.0261. The minimum Gasteiger partial charge on any atom is -0.461 e. The number of amides is 1. The maximum Gasteiger partial charge on any atom is 0.411 e. The molecule has 2 unspecified atom stereocenters. The Morgan fingerprint density at radius 2 is 2.00 bits per heavy atom. The summed E-state index contributed by atoms with van der Waals surface area (Å²) in [6.07, 6.45) is 3.85. The van der Waals surface area contributed by atoms with E-state index in [-0.39, 0.29) is 35.4 Å². The number of methoxy groups -OCH3 is 1. The number of hydrogen-bond donors (Lipinski definition) is 0. The topological polar surface area (TPSA) is 93.2 Å². The van der Waals surface area contributed by atoms with E-state index in [0.29, 0.717) is 43.9 Å². The minimum atomic E-state index is -0.900. The van der Waals surface area contributed by atoms with Gasteiger partial charge in [-0.1, -0.05) is 11.6 Å². The number of pyridine rings is 1. The Morgan fingerprint density at radius 3 is 2.76 bits per heavy atom. The summed E-state index contributed by atoms with van der Waals surface area (Å²) in [5, 5.41) is 0.0951. The molecule has 2 aromatic rings. The number of anilines is 1. The number of aromatic nitrogens is 3. The highest BCUT2D eigenvalue weighted by Crippen LogP contribution is 2.44. The zero-order valence-electron chi connectivity index (χ0n) is 24.0. The average molecular weight is 595 g/mol. The van der Waals surface area contributed by atoms with E-state index in [2.05, 4.69) is 14.9 Å². The van der Waals surface area contributed by atoms with Gasteiger partial charge in [0.15, 0.2) is 11.0 Å². The number of nitrogens with zero attached hydrogens (tertiary/aromatic N) is 6. The Morgan fingerprint density at radius 1 is 1.20 bits per heavy atom. The van der Waals surface area contributed by atoms with Crippen LogP contribution in [-0.2, 0) is 9.47 Å². The lowest BCUT2D eigenvalue weighted by Crippen LogP contribution is -2.66. The second-order valence-corrected chi connectivity index (χ2v) is 13.3. The van der Waals surface area contributed by atoms with Crippen molar-refractivity contribution in [1.82, 2.24) is 24.8 Å². The van der Waals surface area contributed by atoms with Crippen molar-refractivity contribution < 1.29 is 27.8 Å². The van der Waals surface area contributed by atoms with Gasteiger partial charge in [-0.2, -0.15) is 9.97 Å². The fourth-order valence-electron chi connectivity index (χ4n) is 7.30. The Hall–Kier alpha value is -2.57. The van der Waals surface area contributed by atoms with E-state index in [1.165, 1.54) is 6.20 Å². The third-order valence-electron chi connectivity index (χ3n) is 8.87. The standard InChI is InChI=1S/C28H37ClF2N6O4/c1-26(2,3)41-25(38)37-18-6-8-28(37,15-39-4)14-35(13-18)23-19-11-32-22(29)20(31)21(19)33-24(34-23)40-16-27-7-5-9-36(27)12-17(30)10-27/h11,17-18H,5-10,12-16H2,1-4H3/t17-,18?,27+,28?/m1/s1. The number of halogens is 3. The number of fused-ring (bicyclic) bond motifs is 4. The van der Waals surface area contributed by atoms with Gasteiger partial charge in [0.1, 0.15) is 29.7 Å². The molecule has 4 aliphatic rings. The summed E-state index contributed by atoms with van der Waals surface area (Å²) in [4.78, 5) is 32.5. The van der Waals surface area contributed by atoms with Crippen LogP contribution in [0.25, 0.3) is 10.9 Å². The van der Waals surface area contributed by atoms with Crippen LogP contribution in [0.15, 0.2) is 6.20 Å². The van der Waals surface area contributed by atoms with Gasteiger partial charge >= 0.3 is 12.1 Å². The van der Waals surface area contributed by atoms with Gasteiger partial charge in [-0.05, 0) is 53.0 Å². The Balaban J connectivity index is 1.35. The fourth-order valence-corrected chi connectivity index (χ4v) is 7.44. The third kappa shape index (κ3) is 5.05. The molecule has 13 heteroatoms. The lowest BCUT2D eigenvalue weighted by atomic mass is 9.95. The van der Waals surface area contributed by atoms with Crippen LogP contribution in [0.1, 0.15) is 52.9 Å². The number of alkyl halides is 1. The van der Waals surface area contributed by atoms with Crippen molar-refractivity contribution >= 4 is 34.4 Å². The largest absolute Gasteiger partial charge is 0.461 e. The number of piperazine rings is 1. The van der Waals surface area contributed by atoms with Crippen LogP contribution in [0.2, 0.25) is 5.15 Å². The number of rotatable bonds is 6. The zero-order chi connectivity index (χ0) is 29.2. The van der Waals surface area contributed by atoms with E-state index < -0.39 is 28.7 Å². The molecule has 4 fully saturated rings. The van der Waals surface area contributed by atoms with Crippen LogP contribution in [0, 0.1) is 5.82 Å². The molecule has 2 aromatic heterocycles. The molecule has 6 rings (SSSR count). The van der Waals surface area contributed by atoms with Crippen molar-refractivity contribution in [3.05, 3.63) is 17.2 Å². The molecule has 4 saturated heterocycles. The van der Waals surface area contributed by atoms with E-state index in [9.17, 15) is 9.18 Å². The molecule has 1 amide bonds. The van der Waals surface area contributed by atoms with E-state index >= 15 is 4.39 Å². The summed E-state index contributed by atoms with van der Waals surface area (Å²) < 4.78 is 47.2. The predicted molar refractivity (Wildman–Crippen MR) is 149 cm³/mol.